The van der Waals surface area contributed by atoms with E-state index in [2.05, 4.69) is 26.9 Å². The van der Waals surface area contributed by atoms with Crippen LogP contribution < -0.4 is 10.1 Å². The first-order valence-electron chi connectivity index (χ1n) is 8.27. The van der Waals surface area contributed by atoms with Crippen molar-refractivity contribution in [2.24, 2.45) is 0 Å². The zero-order chi connectivity index (χ0) is 21.3. The predicted octanol–water partition coefficient (Wildman–Crippen LogP) is 4.45. The lowest BCUT2D eigenvalue weighted by atomic mass is 10.2. The summed E-state index contributed by atoms with van der Waals surface area (Å²) in [5.41, 5.74) is 1.10. The molecule has 1 aromatic carbocycles. The van der Waals surface area contributed by atoms with Crippen molar-refractivity contribution in [3.8, 4) is 17.6 Å². The maximum Gasteiger partial charge on any atom is 0.573 e. The number of rotatable bonds is 2. The second-order valence-electron chi connectivity index (χ2n) is 5.93. The minimum atomic E-state index is -4.79. The highest BCUT2D eigenvalue weighted by atomic mass is 32.2. The van der Waals surface area contributed by atoms with Crippen molar-refractivity contribution >= 4 is 40.0 Å². The summed E-state index contributed by atoms with van der Waals surface area (Å²) in [6, 6.07) is 6.91. The number of hydrogen-bond donors (Lipinski definition) is 1. The van der Waals surface area contributed by atoms with Gasteiger partial charge in [-0.25, -0.2) is 0 Å². The Labute approximate surface area is 171 Å². The van der Waals surface area contributed by atoms with Crippen molar-refractivity contribution < 1.29 is 31.9 Å². The number of nitrogens with zero attached hydrogens (tertiary/aromatic N) is 1. The van der Waals surface area contributed by atoms with Gasteiger partial charge in [-0.15, -0.1) is 13.2 Å². The Morgan fingerprint density at radius 1 is 1.17 bits per heavy atom. The average Bonchev–Trinajstić information content (AvgIpc) is 3.21. The lowest BCUT2D eigenvalue weighted by Gasteiger charge is -2.08. The summed E-state index contributed by atoms with van der Waals surface area (Å²) < 4.78 is 46.7. The third-order valence-electron chi connectivity index (χ3n) is 3.77. The summed E-state index contributed by atoms with van der Waals surface area (Å²) >= 11 is 0.761. The van der Waals surface area contributed by atoms with Crippen LogP contribution in [0.25, 0.3) is 17.0 Å². The van der Waals surface area contributed by atoms with Gasteiger partial charge in [0.15, 0.2) is 5.58 Å². The molecule has 0 unspecified atom stereocenters. The molecule has 0 radical (unpaired) electrons. The Bertz CT molecular complexity index is 1270. The fourth-order valence-corrected chi connectivity index (χ4v) is 3.27. The van der Waals surface area contributed by atoms with E-state index in [0.717, 1.165) is 11.8 Å². The number of halogens is 3. The standard InChI is InChI=1S/C20H9F3N2O4S/c21-20(22,23)29-14-3-1-2-11(6-14)4-5-12-9-24-10-13-7-15(28-17(12)13)8-16-18(26)25-19(27)30-16/h1-3,6-10H,(H,25,26,27)/b16-8+. The molecule has 0 bridgehead atoms. The Morgan fingerprint density at radius 3 is 2.73 bits per heavy atom. The molecule has 4 rings (SSSR count). The van der Waals surface area contributed by atoms with Crippen LogP contribution in [-0.4, -0.2) is 22.5 Å². The molecule has 1 fully saturated rings. The van der Waals surface area contributed by atoms with E-state index < -0.39 is 17.5 Å². The lowest BCUT2D eigenvalue weighted by molar-refractivity contribution is -0.274. The van der Waals surface area contributed by atoms with Crippen LogP contribution in [0.15, 0.2) is 52.0 Å². The number of carbonyl (C=O) groups excluding carboxylic acids is 2. The van der Waals surface area contributed by atoms with Crippen LogP contribution in [0.3, 0.4) is 0 Å². The molecule has 3 aromatic rings. The highest BCUT2D eigenvalue weighted by Crippen LogP contribution is 2.29. The molecule has 1 saturated heterocycles. The van der Waals surface area contributed by atoms with Crippen molar-refractivity contribution in [2.45, 2.75) is 6.36 Å². The zero-order valence-electron chi connectivity index (χ0n) is 14.7. The Hall–Kier alpha value is -3.71. The molecular formula is C20H9F3N2O4S. The molecule has 2 amide bonds. The molecule has 3 heterocycles. The molecule has 150 valence electrons. The molecule has 30 heavy (non-hydrogen) atoms. The fourth-order valence-electron chi connectivity index (χ4n) is 2.60. The van der Waals surface area contributed by atoms with Crippen LogP contribution in [0.2, 0.25) is 0 Å². The quantitative estimate of drug-likeness (QED) is 0.478. The maximum atomic E-state index is 12.4. The number of ether oxygens (including phenoxy) is 1. The molecule has 1 aliphatic rings. The van der Waals surface area contributed by atoms with Gasteiger partial charge >= 0.3 is 6.36 Å². The van der Waals surface area contributed by atoms with Gasteiger partial charge in [0.25, 0.3) is 11.1 Å². The molecule has 0 atom stereocenters. The molecule has 1 aliphatic heterocycles. The number of carbonyl (C=O) groups is 2. The molecule has 0 saturated carbocycles. The van der Waals surface area contributed by atoms with E-state index in [-0.39, 0.29) is 10.7 Å². The van der Waals surface area contributed by atoms with Crippen molar-refractivity contribution in [3.05, 3.63) is 64.5 Å². The van der Waals surface area contributed by atoms with Gasteiger partial charge in [-0.1, -0.05) is 17.9 Å². The summed E-state index contributed by atoms with van der Waals surface area (Å²) in [7, 11) is 0. The first-order valence-corrected chi connectivity index (χ1v) is 9.09. The zero-order valence-corrected chi connectivity index (χ0v) is 15.6. The van der Waals surface area contributed by atoms with Gasteiger partial charge in [-0.3, -0.25) is 19.9 Å². The van der Waals surface area contributed by atoms with E-state index in [1.807, 2.05) is 0 Å². The number of thioether (sulfide) groups is 1. The number of alkyl halides is 3. The second kappa shape index (κ2) is 7.61. The van der Waals surface area contributed by atoms with Crippen LogP contribution >= 0.6 is 11.8 Å². The summed E-state index contributed by atoms with van der Waals surface area (Å²) in [5, 5.41) is 2.29. The number of hydrogen-bond acceptors (Lipinski definition) is 6. The Kier molecular flexibility index (Phi) is 4.97. The predicted molar refractivity (Wildman–Crippen MR) is 102 cm³/mol. The third-order valence-corrected chi connectivity index (χ3v) is 4.58. The van der Waals surface area contributed by atoms with Gasteiger partial charge < -0.3 is 9.15 Å². The summed E-state index contributed by atoms with van der Waals surface area (Å²) in [6.45, 7) is 0. The van der Waals surface area contributed by atoms with E-state index in [0.29, 0.717) is 27.9 Å². The van der Waals surface area contributed by atoms with Crippen LogP contribution in [0.1, 0.15) is 16.9 Å². The Morgan fingerprint density at radius 2 is 2.00 bits per heavy atom. The average molecular weight is 430 g/mol. The van der Waals surface area contributed by atoms with Crippen molar-refractivity contribution in [1.82, 2.24) is 10.3 Å². The first kappa shape index (κ1) is 19.6. The highest BCUT2D eigenvalue weighted by Gasteiger charge is 2.31. The fraction of sp³-hybridized carbons (Fsp3) is 0.0500. The van der Waals surface area contributed by atoms with E-state index in [4.69, 9.17) is 4.42 Å². The number of furan rings is 1. The number of aromatic nitrogens is 1. The Balaban J connectivity index is 1.65. The first-order chi connectivity index (χ1) is 14.3. The van der Waals surface area contributed by atoms with Gasteiger partial charge in [0.05, 0.1) is 10.5 Å². The molecule has 0 spiro atoms. The molecule has 6 nitrogen and oxygen atoms in total. The topological polar surface area (TPSA) is 81.4 Å². The largest absolute Gasteiger partial charge is 0.573 e. The molecule has 1 N–H and O–H groups in total. The number of benzene rings is 1. The monoisotopic (exact) mass is 430 g/mol. The van der Waals surface area contributed by atoms with E-state index >= 15 is 0 Å². The van der Waals surface area contributed by atoms with Gasteiger partial charge in [-0.2, -0.15) is 0 Å². The molecule has 2 aromatic heterocycles. The highest BCUT2D eigenvalue weighted by molar-refractivity contribution is 8.18. The van der Waals surface area contributed by atoms with Crippen LogP contribution in [0.4, 0.5) is 18.0 Å². The smallest absolute Gasteiger partial charge is 0.455 e. The number of fused-ring (bicyclic) bond motifs is 1. The summed E-state index contributed by atoms with van der Waals surface area (Å²) in [5.74, 6) is 5.01. The van der Waals surface area contributed by atoms with Crippen molar-refractivity contribution in [3.63, 3.8) is 0 Å². The van der Waals surface area contributed by atoms with Gasteiger partial charge in [0.2, 0.25) is 0 Å². The maximum absolute atomic E-state index is 12.4. The number of nitrogens with one attached hydrogen (secondary N) is 1. The number of pyridine rings is 1. The van der Waals surface area contributed by atoms with Crippen LogP contribution in [-0.2, 0) is 4.79 Å². The van der Waals surface area contributed by atoms with E-state index in [1.165, 1.54) is 42.7 Å². The number of amides is 2. The van der Waals surface area contributed by atoms with E-state index in [1.54, 1.807) is 6.07 Å². The van der Waals surface area contributed by atoms with Crippen molar-refractivity contribution in [1.29, 1.82) is 0 Å². The van der Waals surface area contributed by atoms with Crippen molar-refractivity contribution in [2.75, 3.05) is 0 Å². The van der Waals surface area contributed by atoms with Gasteiger partial charge in [-0.05, 0) is 36.0 Å². The summed E-state index contributed by atoms with van der Waals surface area (Å²) in [6.07, 6.45) is -0.372. The van der Waals surface area contributed by atoms with Gasteiger partial charge in [0, 0.05) is 29.4 Å². The van der Waals surface area contributed by atoms with Crippen LogP contribution in [0, 0.1) is 11.8 Å². The van der Waals surface area contributed by atoms with Gasteiger partial charge in [0.1, 0.15) is 11.5 Å². The van der Waals surface area contributed by atoms with Crippen LogP contribution in [0.5, 0.6) is 5.75 Å². The van der Waals surface area contributed by atoms with E-state index in [9.17, 15) is 22.8 Å². The molecular weight excluding hydrogens is 421 g/mol. The summed E-state index contributed by atoms with van der Waals surface area (Å²) in [4.78, 5) is 27.2. The third kappa shape index (κ3) is 4.47. The normalized spacial score (nSPS) is 15.2. The number of imide groups is 1. The minimum Gasteiger partial charge on any atom is -0.455 e. The lowest BCUT2D eigenvalue weighted by Crippen LogP contribution is -2.17. The molecule has 10 heteroatoms. The second-order valence-corrected chi connectivity index (χ2v) is 6.95. The minimum absolute atomic E-state index is 0.195. The SMILES string of the molecule is O=C1NC(=O)/C(=C\c2cc3cncc(C#Cc4cccc(OC(F)(F)F)c4)c3o2)S1. The molecule has 0 aliphatic carbocycles.